The molecule has 1 aliphatic carbocycles. The molecular weight excluding hydrogens is 212 g/mol. The predicted octanol–water partition coefficient (Wildman–Crippen LogP) is 3.55. The fourth-order valence-corrected chi connectivity index (χ4v) is 2.51. The van der Waals surface area contributed by atoms with E-state index in [2.05, 4.69) is 32.6 Å². The first-order valence-electron chi connectivity index (χ1n) is 6.30. The van der Waals surface area contributed by atoms with Gasteiger partial charge < -0.3 is 4.74 Å². The highest BCUT2D eigenvalue weighted by Crippen LogP contribution is 2.33. The van der Waals surface area contributed by atoms with Gasteiger partial charge in [0.05, 0.1) is 0 Å². The number of esters is 1. The molecule has 92 valence electrons. The van der Waals surface area contributed by atoms with E-state index in [9.17, 15) is 4.79 Å². The van der Waals surface area contributed by atoms with Crippen molar-refractivity contribution in [1.82, 2.24) is 0 Å². The van der Waals surface area contributed by atoms with Gasteiger partial charge >= 0.3 is 5.97 Å². The van der Waals surface area contributed by atoms with Gasteiger partial charge in [0.15, 0.2) is 0 Å². The molecule has 1 saturated heterocycles. The largest absolute Gasteiger partial charge is 0.454 e. The molecule has 0 unspecified atom stereocenters. The molecule has 0 aromatic carbocycles. The molecule has 2 atom stereocenters. The number of fused-ring (bicyclic) bond motifs is 1. The maximum absolute atomic E-state index is 11.6. The predicted molar refractivity (Wildman–Crippen MR) is 68.5 cm³/mol. The van der Waals surface area contributed by atoms with Crippen LogP contribution >= 0.6 is 0 Å². The van der Waals surface area contributed by atoms with Gasteiger partial charge in [-0.05, 0) is 45.6 Å². The second-order valence-electron chi connectivity index (χ2n) is 5.14. The topological polar surface area (TPSA) is 26.3 Å². The summed E-state index contributed by atoms with van der Waals surface area (Å²) in [6.45, 7) is 8.14. The lowest BCUT2D eigenvalue weighted by Crippen LogP contribution is -2.15. The van der Waals surface area contributed by atoms with Crippen LogP contribution in [0, 0.1) is 5.92 Å². The fourth-order valence-electron chi connectivity index (χ4n) is 2.51. The Labute approximate surface area is 103 Å². The van der Waals surface area contributed by atoms with E-state index >= 15 is 0 Å². The molecule has 0 spiro atoms. The molecule has 2 heteroatoms. The minimum atomic E-state index is -0.218. The summed E-state index contributed by atoms with van der Waals surface area (Å²) < 4.78 is 5.38. The van der Waals surface area contributed by atoms with Crippen LogP contribution in [0.1, 0.15) is 39.5 Å². The summed E-state index contributed by atoms with van der Waals surface area (Å²) in [7, 11) is 0. The zero-order chi connectivity index (χ0) is 12.4. The molecule has 17 heavy (non-hydrogen) atoms. The quantitative estimate of drug-likeness (QED) is 0.363. The number of hydrogen-bond donors (Lipinski definition) is 0. The SMILES string of the molecule is C=C1C(=O)O[C@@H]2C=C(C)CC/C=C(/C)CC[C@@H]12. The van der Waals surface area contributed by atoms with Gasteiger partial charge in [-0.3, -0.25) is 0 Å². The molecule has 1 aliphatic heterocycles. The summed E-state index contributed by atoms with van der Waals surface area (Å²) in [5, 5.41) is 0. The average molecular weight is 232 g/mol. The van der Waals surface area contributed by atoms with Crippen LogP contribution in [0.3, 0.4) is 0 Å². The van der Waals surface area contributed by atoms with E-state index in [0.717, 1.165) is 25.7 Å². The van der Waals surface area contributed by atoms with Crippen molar-refractivity contribution in [3.8, 4) is 0 Å². The molecule has 0 amide bonds. The lowest BCUT2D eigenvalue weighted by atomic mass is 9.88. The average Bonchev–Trinajstić information content (AvgIpc) is 2.52. The highest BCUT2D eigenvalue weighted by molar-refractivity contribution is 5.91. The molecule has 1 heterocycles. The molecule has 0 bridgehead atoms. The van der Waals surface area contributed by atoms with Crippen LogP contribution in [-0.4, -0.2) is 12.1 Å². The van der Waals surface area contributed by atoms with Crippen molar-refractivity contribution in [1.29, 1.82) is 0 Å². The van der Waals surface area contributed by atoms with Crippen LogP contribution in [0.15, 0.2) is 35.5 Å². The number of ether oxygens (including phenoxy) is 1. The minimum absolute atomic E-state index is 0.0825. The Morgan fingerprint density at radius 2 is 2.06 bits per heavy atom. The maximum atomic E-state index is 11.6. The monoisotopic (exact) mass is 232 g/mol. The van der Waals surface area contributed by atoms with Gasteiger partial charge in [0.1, 0.15) is 6.10 Å². The zero-order valence-electron chi connectivity index (χ0n) is 10.7. The number of carbonyl (C=O) groups is 1. The van der Waals surface area contributed by atoms with Crippen molar-refractivity contribution in [2.24, 2.45) is 5.92 Å². The van der Waals surface area contributed by atoms with Gasteiger partial charge in [0.2, 0.25) is 0 Å². The third-order valence-electron chi connectivity index (χ3n) is 3.68. The fraction of sp³-hybridized carbons (Fsp3) is 0.533. The number of allylic oxidation sites excluding steroid dienone is 3. The third kappa shape index (κ3) is 2.68. The van der Waals surface area contributed by atoms with Gasteiger partial charge in [0.25, 0.3) is 0 Å². The second kappa shape index (κ2) is 4.91. The third-order valence-corrected chi connectivity index (χ3v) is 3.68. The van der Waals surface area contributed by atoms with E-state index in [0.29, 0.717) is 5.57 Å². The summed E-state index contributed by atoms with van der Waals surface area (Å²) in [6.07, 6.45) is 8.45. The van der Waals surface area contributed by atoms with Gasteiger partial charge in [-0.2, -0.15) is 0 Å². The highest BCUT2D eigenvalue weighted by Gasteiger charge is 2.36. The number of rotatable bonds is 0. The first kappa shape index (κ1) is 12.2. The standard InChI is InChI=1S/C15H20O2/c1-10-5-4-6-11(2)9-14-13(8-7-10)12(3)15(16)17-14/h5,9,13-14H,3-4,6-8H2,1-2H3/b10-5-,11-9?/t13-,14+/m0/s1. The summed E-state index contributed by atoms with van der Waals surface area (Å²) >= 11 is 0. The normalized spacial score (nSPS) is 33.3. The van der Waals surface area contributed by atoms with Crippen molar-refractivity contribution in [2.75, 3.05) is 0 Å². The second-order valence-corrected chi connectivity index (χ2v) is 5.14. The molecule has 0 aromatic heterocycles. The van der Waals surface area contributed by atoms with Gasteiger partial charge in [-0.15, -0.1) is 0 Å². The first-order valence-corrected chi connectivity index (χ1v) is 6.30. The summed E-state index contributed by atoms with van der Waals surface area (Å²) in [6, 6.07) is 0. The molecule has 0 radical (unpaired) electrons. The molecular formula is C15H20O2. The molecule has 1 fully saturated rings. The minimum Gasteiger partial charge on any atom is -0.454 e. The van der Waals surface area contributed by atoms with Crippen LogP contribution < -0.4 is 0 Å². The van der Waals surface area contributed by atoms with E-state index < -0.39 is 0 Å². The van der Waals surface area contributed by atoms with Crippen LogP contribution in [-0.2, 0) is 9.53 Å². The van der Waals surface area contributed by atoms with Crippen molar-refractivity contribution in [3.05, 3.63) is 35.5 Å². The van der Waals surface area contributed by atoms with Crippen molar-refractivity contribution in [2.45, 2.75) is 45.6 Å². The number of hydrogen-bond acceptors (Lipinski definition) is 2. The Morgan fingerprint density at radius 1 is 1.29 bits per heavy atom. The smallest absolute Gasteiger partial charge is 0.334 e. The summed E-state index contributed by atoms with van der Waals surface area (Å²) in [4.78, 5) is 11.6. The Bertz CT molecular complexity index is 401. The summed E-state index contributed by atoms with van der Waals surface area (Å²) in [5.41, 5.74) is 3.35. The van der Waals surface area contributed by atoms with Crippen LogP contribution in [0.5, 0.6) is 0 Å². The number of carbonyl (C=O) groups excluding carboxylic acids is 1. The van der Waals surface area contributed by atoms with Crippen molar-refractivity contribution < 1.29 is 9.53 Å². The van der Waals surface area contributed by atoms with E-state index in [-0.39, 0.29) is 18.0 Å². The highest BCUT2D eigenvalue weighted by atomic mass is 16.5. The van der Waals surface area contributed by atoms with Gasteiger partial charge in [-0.1, -0.05) is 23.8 Å². The lowest BCUT2D eigenvalue weighted by Gasteiger charge is -2.17. The zero-order valence-corrected chi connectivity index (χ0v) is 10.7. The Hall–Kier alpha value is -1.31. The molecule has 2 nitrogen and oxygen atoms in total. The Kier molecular flexibility index (Phi) is 3.51. The Morgan fingerprint density at radius 3 is 2.82 bits per heavy atom. The van der Waals surface area contributed by atoms with Crippen molar-refractivity contribution in [3.63, 3.8) is 0 Å². The van der Waals surface area contributed by atoms with Crippen LogP contribution in [0.4, 0.5) is 0 Å². The molecule has 0 saturated carbocycles. The molecule has 2 rings (SSSR count). The van der Waals surface area contributed by atoms with E-state index in [1.54, 1.807) is 0 Å². The maximum Gasteiger partial charge on any atom is 0.334 e. The first-order chi connectivity index (χ1) is 8.08. The molecule has 0 N–H and O–H groups in total. The Balaban J connectivity index is 2.24. The van der Waals surface area contributed by atoms with E-state index in [4.69, 9.17) is 4.74 Å². The van der Waals surface area contributed by atoms with Crippen LogP contribution in [0.2, 0.25) is 0 Å². The van der Waals surface area contributed by atoms with Gasteiger partial charge in [0, 0.05) is 11.5 Å². The van der Waals surface area contributed by atoms with Crippen LogP contribution in [0.25, 0.3) is 0 Å². The van der Waals surface area contributed by atoms with Crippen molar-refractivity contribution >= 4 is 5.97 Å². The molecule has 2 aliphatic rings. The lowest BCUT2D eigenvalue weighted by molar-refractivity contribution is -0.137. The van der Waals surface area contributed by atoms with E-state index in [1.807, 2.05) is 0 Å². The summed E-state index contributed by atoms with van der Waals surface area (Å²) in [5.74, 6) is -0.0520. The molecule has 0 aromatic rings. The van der Waals surface area contributed by atoms with Gasteiger partial charge in [-0.25, -0.2) is 4.79 Å². The van der Waals surface area contributed by atoms with E-state index in [1.165, 1.54) is 11.1 Å².